The molecule has 1 fully saturated rings. The lowest BCUT2D eigenvalue weighted by molar-refractivity contribution is -0.138. The molecule has 0 aliphatic carbocycles. The van der Waals surface area contributed by atoms with Gasteiger partial charge in [0.1, 0.15) is 11.5 Å². The highest BCUT2D eigenvalue weighted by Gasteiger charge is 2.35. The summed E-state index contributed by atoms with van der Waals surface area (Å²) in [5, 5.41) is 0. The van der Waals surface area contributed by atoms with Crippen molar-refractivity contribution in [2.75, 3.05) is 44.4 Å². The number of carbonyl (C=O) groups excluding carboxylic acids is 1. The van der Waals surface area contributed by atoms with E-state index in [1.54, 1.807) is 17.6 Å². The number of nitrogens with zero attached hydrogens (tertiary/aromatic N) is 3. The molecule has 2 aromatic carbocycles. The minimum Gasteiger partial charge on any atom is -0.494 e. The molecule has 4 heterocycles. The van der Waals surface area contributed by atoms with Gasteiger partial charge in [-0.15, -0.1) is 0 Å². The molecule has 9 nitrogen and oxygen atoms in total. The van der Waals surface area contributed by atoms with E-state index in [-0.39, 0.29) is 12.2 Å². The van der Waals surface area contributed by atoms with Gasteiger partial charge in [-0.05, 0) is 37.6 Å². The second kappa shape index (κ2) is 12.2. The Balaban J connectivity index is 1.53. The van der Waals surface area contributed by atoms with E-state index in [1.807, 2.05) is 73.7 Å². The Bertz CT molecular complexity index is 1780. The van der Waals surface area contributed by atoms with Crippen molar-refractivity contribution in [3.63, 3.8) is 0 Å². The van der Waals surface area contributed by atoms with Crippen LogP contribution in [-0.2, 0) is 14.3 Å². The summed E-state index contributed by atoms with van der Waals surface area (Å²) < 4.78 is 24.7. The fourth-order valence-corrected chi connectivity index (χ4v) is 6.15. The average molecular weight is 586 g/mol. The zero-order valence-electron chi connectivity index (χ0n) is 23.4. The van der Waals surface area contributed by atoms with Crippen LogP contribution in [0.1, 0.15) is 36.8 Å². The number of esters is 1. The molecule has 216 valence electrons. The molecule has 1 unspecified atom stereocenters. The van der Waals surface area contributed by atoms with Gasteiger partial charge in [-0.25, -0.2) is 9.79 Å². The number of furan rings is 1. The lowest BCUT2D eigenvalue weighted by Gasteiger charge is -2.26. The standard InChI is InChI=1S/C32H31N3O6S/c1-3-39-23-12-10-22(11-13-23)29-27(31(37)40-4-2)28(21-8-6-5-7-9-21)33-32-35(29)30(36)25(42-32)20-24-14-15-26(41-24)34-16-18-38-19-17-34/h5-15,20,29H,3-4,16-19H2,1-2H3/b25-20+. The van der Waals surface area contributed by atoms with Crippen molar-refractivity contribution < 1.29 is 23.4 Å². The van der Waals surface area contributed by atoms with Crippen LogP contribution in [0.2, 0.25) is 0 Å². The van der Waals surface area contributed by atoms with Crippen molar-refractivity contribution in [3.8, 4) is 5.75 Å². The summed E-state index contributed by atoms with van der Waals surface area (Å²) in [5.41, 5.74) is 2.02. The zero-order chi connectivity index (χ0) is 29.1. The van der Waals surface area contributed by atoms with E-state index >= 15 is 0 Å². The van der Waals surface area contributed by atoms with Crippen LogP contribution in [0, 0.1) is 0 Å². The van der Waals surface area contributed by atoms with Gasteiger partial charge in [0.2, 0.25) is 0 Å². The third-order valence-electron chi connectivity index (χ3n) is 7.09. The van der Waals surface area contributed by atoms with Gasteiger partial charge in [-0.1, -0.05) is 53.8 Å². The highest BCUT2D eigenvalue weighted by molar-refractivity contribution is 7.07. The molecule has 0 spiro atoms. The fourth-order valence-electron chi connectivity index (χ4n) is 5.17. The molecule has 1 atom stereocenters. The summed E-state index contributed by atoms with van der Waals surface area (Å²) in [6.45, 7) is 7.18. The number of hydrogen-bond acceptors (Lipinski definition) is 9. The summed E-state index contributed by atoms with van der Waals surface area (Å²) in [7, 11) is 0. The predicted molar refractivity (Wildman–Crippen MR) is 160 cm³/mol. The Kier molecular flexibility index (Phi) is 8.07. The molecular weight excluding hydrogens is 554 g/mol. The van der Waals surface area contributed by atoms with E-state index in [2.05, 4.69) is 4.90 Å². The van der Waals surface area contributed by atoms with Crippen LogP contribution in [0.5, 0.6) is 5.75 Å². The second-order valence-electron chi connectivity index (χ2n) is 9.71. The first-order valence-electron chi connectivity index (χ1n) is 14.0. The van der Waals surface area contributed by atoms with Crippen LogP contribution < -0.4 is 24.5 Å². The van der Waals surface area contributed by atoms with E-state index in [1.165, 1.54) is 11.3 Å². The first kappa shape index (κ1) is 27.7. The zero-order valence-corrected chi connectivity index (χ0v) is 24.3. The highest BCUT2D eigenvalue weighted by Crippen LogP contribution is 2.35. The van der Waals surface area contributed by atoms with Gasteiger partial charge in [0, 0.05) is 30.8 Å². The number of fused-ring (bicyclic) bond motifs is 1. The normalized spacial score (nSPS) is 17.1. The molecule has 6 rings (SSSR count). The molecule has 0 N–H and O–H groups in total. The van der Waals surface area contributed by atoms with Crippen LogP contribution in [0.3, 0.4) is 0 Å². The van der Waals surface area contributed by atoms with Gasteiger partial charge < -0.3 is 23.5 Å². The summed E-state index contributed by atoms with van der Waals surface area (Å²) in [6.07, 6.45) is 1.74. The number of benzene rings is 2. The van der Waals surface area contributed by atoms with Crippen LogP contribution in [0.15, 0.2) is 86.5 Å². The predicted octanol–water partition coefficient (Wildman–Crippen LogP) is 3.76. The van der Waals surface area contributed by atoms with E-state index in [0.717, 1.165) is 30.1 Å². The molecule has 2 aromatic heterocycles. The fraction of sp³-hybridized carbons (Fsp3) is 0.281. The molecule has 4 aromatic rings. The van der Waals surface area contributed by atoms with E-state index < -0.39 is 12.0 Å². The maximum atomic E-state index is 14.1. The van der Waals surface area contributed by atoms with Gasteiger partial charge in [-0.3, -0.25) is 9.36 Å². The SMILES string of the molecule is CCOC(=O)C1=C(c2ccccc2)N=c2s/c(=C/c3ccc(N4CCOCC4)o3)c(=O)n2C1c1ccc(OCC)cc1. The van der Waals surface area contributed by atoms with Gasteiger partial charge >= 0.3 is 5.97 Å². The van der Waals surface area contributed by atoms with Gasteiger partial charge in [-0.2, -0.15) is 0 Å². The molecule has 10 heteroatoms. The van der Waals surface area contributed by atoms with Crippen molar-refractivity contribution >= 4 is 35.0 Å². The Morgan fingerprint density at radius 3 is 2.50 bits per heavy atom. The van der Waals surface area contributed by atoms with Crippen molar-refractivity contribution in [3.05, 3.63) is 109 Å². The number of morpholine rings is 1. The summed E-state index contributed by atoms with van der Waals surface area (Å²) in [4.78, 5) is 35.1. The summed E-state index contributed by atoms with van der Waals surface area (Å²) in [5.74, 6) is 1.48. The monoisotopic (exact) mass is 585 g/mol. The highest BCUT2D eigenvalue weighted by atomic mass is 32.1. The molecule has 0 bridgehead atoms. The van der Waals surface area contributed by atoms with Gasteiger partial charge in [0.15, 0.2) is 10.7 Å². The van der Waals surface area contributed by atoms with Crippen LogP contribution in [0.4, 0.5) is 5.88 Å². The molecule has 2 aliphatic heterocycles. The molecule has 0 saturated carbocycles. The number of thiazole rings is 1. The maximum Gasteiger partial charge on any atom is 0.338 e. The first-order chi connectivity index (χ1) is 20.6. The molecule has 0 radical (unpaired) electrons. The van der Waals surface area contributed by atoms with E-state index in [9.17, 15) is 9.59 Å². The largest absolute Gasteiger partial charge is 0.494 e. The third kappa shape index (κ3) is 5.43. The molecule has 1 saturated heterocycles. The van der Waals surface area contributed by atoms with E-state index in [4.69, 9.17) is 23.6 Å². The lowest BCUT2D eigenvalue weighted by Crippen LogP contribution is -2.40. The number of aromatic nitrogens is 1. The van der Waals surface area contributed by atoms with Crippen molar-refractivity contribution in [1.82, 2.24) is 4.57 Å². The van der Waals surface area contributed by atoms with E-state index in [0.29, 0.717) is 51.9 Å². The quantitative estimate of drug-likeness (QED) is 0.291. The molecule has 2 aliphatic rings. The minimum absolute atomic E-state index is 0.189. The Labute approximate surface area is 246 Å². The van der Waals surface area contributed by atoms with Crippen molar-refractivity contribution in [1.29, 1.82) is 0 Å². The lowest BCUT2D eigenvalue weighted by atomic mass is 9.93. The number of ether oxygens (including phenoxy) is 3. The molecule has 0 amide bonds. The number of carbonyl (C=O) groups is 1. The van der Waals surface area contributed by atoms with Crippen molar-refractivity contribution in [2.24, 2.45) is 4.99 Å². The van der Waals surface area contributed by atoms with Crippen LogP contribution in [-0.4, -0.2) is 50.1 Å². The van der Waals surface area contributed by atoms with Gasteiger partial charge in [0.05, 0.1) is 48.3 Å². The van der Waals surface area contributed by atoms with Crippen molar-refractivity contribution in [2.45, 2.75) is 19.9 Å². The molecular formula is C32H31N3O6S. The Hall–Kier alpha value is -4.41. The summed E-state index contributed by atoms with van der Waals surface area (Å²) in [6, 6.07) is 19.9. The van der Waals surface area contributed by atoms with Crippen LogP contribution in [0.25, 0.3) is 11.8 Å². The first-order valence-corrected chi connectivity index (χ1v) is 14.8. The summed E-state index contributed by atoms with van der Waals surface area (Å²) >= 11 is 1.26. The maximum absolute atomic E-state index is 14.1. The number of anilines is 1. The van der Waals surface area contributed by atoms with Crippen LogP contribution >= 0.6 is 11.3 Å². The minimum atomic E-state index is -0.756. The third-order valence-corrected chi connectivity index (χ3v) is 8.07. The number of rotatable bonds is 8. The average Bonchev–Trinajstić information content (AvgIpc) is 3.62. The second-order valence-corrected chi connectivity index (χ2v) is 10.7. The topological polar surface area (TPSA) is 95.5 Å². The number of hydrogen-bond donors (Lipinski definition) is 0. The van der Waals surface area contributed by atoms with Gasteiger partial charge in [0.25, 0.3) is 5.56 Å². The smallest absolute Gasteiger partial charge is 0.338 e. The Morgan fingerprint density at radius 1 is 1.02 bits per heavy atom. The molecule has 42 heavy (non-hydrogen) atoms. The Morgan fingerprint density at radius 2 is 1.79 bits per heavy atom.